The van der Waals surface area contributed by atoms with E-state index >= 15 is 0 Å². The summed E-state index contributed by atoms with van der Waals surface area (Å²) in [5.74, 6) is -0.449. The van der Waals surface area contributed by atoms with Crippen LogP contribution in [0.2, 0.25) is 0 Å². The molecule has 2 N–H and O–H groups in total. The van der Waals surface area contributed by atoms with Crippen molar-refractivity contribution in [3.8, 4) is 11.5 Å². The number of para-hydroxylation sites is 1. The van der Waals surface area contributed by atoms with Gasteiger partial charge in [-0.2, -0.15) is 0 Å². The number of hydrogen-bond acceptors (Lipinski definition) is 6. The molecule has 164 valence electrons. The second-order valence-electron chi connectivity index (χ2n) is 6.62. The van der Waals surface area contributed by atoms with Gasteiger partial charge in [-0.1, -0.05) is 42.5 Å². The van der Waals surface area contributed by atoms with Gasteiger partial charge in [0.15, 0.2) is 6.61 Å². The molecule has 3 aromatic rings. The number of amides is 2. The molecule has 0 atom stereocenters. The van der Waals surface area contributed by atoms with Crippen molar-refractivity contribution in [3.05, 3.63) is 100 Å². The summed E-state index contributed by atoms with van der Waals surface area (Å²) in [6.45, 7) is 0.0110. The monoisotopic (exact) mass is 435 g/mol. The number of hydrazine groups is 1. The maximum atomic E-state index is 12.5. The van der Waals surface area contributed by atoms with E-state index in [1.165, 1.54) is 24.3 Å². The van der Waals surface area contributed by atoms with E-state index in [-0.39, 0.29) is 23.6 Å². The Balaban J connectivity index is 1.46. The molecule has 0 bridgehead atoms. The Hall–Kier alpha value is -4.40. The summed E-state index contributed by atoms with van der Waals surface area (Å²) >= 11 is 0. The van der Waals surface area contributed by atoms with Gasteiger partial charge in [-0.15, -0.1) is 0 Å². The first-order valence-electron chi connectivity index (χ1n) is 9.75. The second kappa shape index (κ2) is 11.1. The number of nitrogens with one attached hydrogen (secondary N) is 2. The highest BCUT2D eigenvalue weighted by Crippen LogP contribution is 2.18. The number of non-ortho nitro benzene ring substituents is 1. The van der Waals surface area contributed by atoms with Crippen molar-refractivity contribution in [2.45, 2.75) is 6.42 Å². The van der Waals surface area contributed by atoms with Crippen molar-refractivity contribution < 1.29 is 24.0 Å². The van der Waals surface area contributed by atoms with Crippen LogP contribution in [-0.4, -0.2) is 30.0 Å². The van der Waals surface area contributed by atoms with E-state index in [9.17, 15) is 19.7 Å². The summed E-state index contributed by atoms with van der Waals surface area (Å²) in [6.07, 6.45) is 0.688. The maximum absolute atomic E-state index is 12.5. The van der Waals surface area contributed by atoms with E-state index in [1.807, 2.05) is 30.3 Å². The Morgan fingerprint density at radius 1 is 0.844 bits per heavy atom. The first-order chi connectivity index (χ1) is 15.5. The molecule has 9 nitrogen and oxygen atoms in total. The lowest BCUT2D eigenvalue weighted by Gasteiger charge is -2.12. The molecular weight excluding hydrogens is 414 g/mol. The normalized spacial score (nSPS) is 10.1. The van der Waals surface area contributed by atoms with Gasteiger partial charge in [0.2, 0.25) is 0 Å². The highest BCUT2D eigenvalue weighted by molar-refractivity contribution is 5.97. The summed E-state index contributed by atoms with van der Waals surface area (Å²) in [7, 11) is 0. The van der Waals surface area contributed by atoms with Crippen molar-refractivity contribution in [2.75, 3.05) is 13.2 Å². The van der Waals surface area contributed by atoms with Gasteiger partial charge < -0.3 is 9.47 Å². The summed E-state index contributed by atoms with van der Waals surface area (Å²) < 4.78 is 11.0. The molecule has 0 unspecified atom stereocenters. The van der Waals surface area contributed by atoms with Gasteiger partial charge in [0.25, 0.3) is 17.5 Å². The van der Waals surface area contributed by atoms with E-state index in [4.69, 9.17) is 9.47 Å². The van der Waals surface area contributed by atoms with Gasteiger partial charge in [0.1, 0.15) is 11.5 Å². The first-order valence-corrected chi connectivity index (χ1v) is 9.75. The second-order valence-corrected chi connectivity index (χ2v) is 6.62. The molecule has 3 rings (SSSR count). The van der Waals surface area contributed by atoms with E-state index in [0.717, 1.165) is 5.56 Å². The molecule has 0 fully saturated rings. The van der Waals surface area contributed by atoms with Crippen LogP contribution in [0.15, 0.2) is 78.9 Å². The molecule has 0 aliphatic rings. The van der Waals surface area contributed by atoms with Gasteiger partial charge in [-0.25, -0.2) is 0 Å². The number of ether oxygens (including phenoxy) is 2. The highest BCUT2D eigenvalue weighted by Gasteiger charge is 2.13. The van der Waals surface area contributed by atoms with Crippen LogP contribution in [0.25, 0.3) is 0 Å². The average molecular weight is 435 g/mol. The number of nitrogens with zero attached hydrogens (tertiary/aromatic N) is 1. The third-order valence-corrected chi connectivity index (χ3v) is 4.36. The minimum atomic E-state index is -0.598. The Morgan fingerprint density at radius 3 is 2.25 bits per heavy atom. The van der Waals surface area contributed by atoms with Crippen molar-refractivity contribution >= 4 is 17.5 Å². The minimum absolute atomic E-state index is 0.0845. The number of nitro benzene ring substituents is 1. The smallest absolute Gasteiger partial charge is 0.276 e. The minimum Gasteiger partial charge on any atom is -0.492 e. The topological polar surface area (TPSA) is 120 Å². The molecule has 0 spiro atoms. The number of nitro groups is 1. The SMILES string of the molecule is O=C(COc1ccc([N+](=O)[O-])cc1)NNC(=O)c1ccccc1OCCc1ccccc1. The van der Waals surface area contributed by atoms with Crippen LogP contribution in [0.5, 0.6) is 11.5 Å². The van der Waals surface area contributed by atoms with E-state index < -0.39 is 16.7 Å². The number of rotatable bonds is 9. The quantitative estimate of drug-likeness (QED) is 0.394. The van der Waals surface area contributed by atoms with E-state index in [2.05, 4.69) is 10.9 Å². The zero-order valence-corrected chi connectivity index (χ0v) is 17.0. The van der Waals surface area contributed by atoms with Gasteiger partial charge in [0, 0.05) is 18.6 Å². The van der Waals surface area contributed by atoms with Crippen LogP contribution in [0, 0.1) is 10.1 Å². The van der Waals surface area contributed by atoms with Crippen LogP contribution in [0.1, 0.15) is 15.9 Å². The molecule has 2 amide bonds. The Labute approximate surface area is 184 Å². The first kappa shape index (κ1) is 22.3. The van der Waals surface area contributed by atoms with Gasteiger partial charge in [-0.05, 0) is 29.8 Å². The molecule has 0 aliphatic carbocycles. The summed E-state index contributed by atoms with van der Waals surface area (Å²) in [4.78, 5) is 34.5. The zero-order valence-electron chi connectivity index (χ0n) is 17.0. The highest BCUT2D eigenvalue weighted by atomic mass is 16.6. The molecule has 3 aromatic carbocycles. The predicted octanol–water partition coefficient (Wildman–Crippen LogP) is 3.06. The van der Waals surface area contributed by atoms with Crippen LogP contribution in [0.3, 0.4) is 0 Å². The predicted molar refractivity (Wildman–Crippen MR) is 116 cm³/mol. The zero-order chi connectivity index (χ0) is 22.8. The molecule has 32 heavy (non-hydrogen) atoms. The number of benzene rings is 3. The molecule has 0 aromatic heterocycles. The summed E-state index contributed by atoms with van der Waals surface area (Å²) in [6, 6.07) is 21.8. The van der Waals surface area contributed by atoms with E-state index in [0.29, 0.717) is 18.8 Å². The molecular formula is C23H21N3O6. The fraction of sp³-hybridized carbons (Fsp3) is 0.130. The van der Waals surface area contributed by atoms with Crippen LogP contribution < -0.4 is 20.3 Å². The number of carbonyl (C=O) groups excluding carboxylic acids is 2. The fourth-order valence-electron chi connectivity index (χ4n) is 2.75. The molecule has 0 saturated carbocycles. The fourth-order valence-corrected chi connectivity index (χ4v) is 2.75. The van der Waals surface area contributed by atoms with E-state index in [1.54, 1.807) is 24.3 Å². The third kappa shape index (κ3) is 6.56. The molecule has 0 heterocycles. The lowest BCUT2D eigenvalue weighted by molar-refractivity contribution is -0.384. The lowest BCUT2D eigenvalue weighted by atomic mass is 10.1. The molecule has 0 radical (unpaired) electrons. The molecule has 0 aliphatic heterocycles. The van der Waals surface area contributed by atoms with Crippen molar-refractivity contribution in [1.29, 1.82) is 0 Å². The average Bonchev–Trinajstić information content (AvgIpc) is 2.82. The summed E-state index contributed by atoms with van der Waals surface area (Å²) in [5, 5.41) is 10.6. The number of carbonyl (C=O) groups is 2. The van der Waals surface area contributed by atoms with Crippen molar-refractivity contribution in [3.63, 3.8) is 0 Å². The number of hydrogen-bond donors (Lipinski definition) is 2. The molecule has 0 saturated heterocycles. The Morgan fingerprint density at radius 2 is 1.53 bits per heavy atom. The lowest BCUT2D eigenvalue weighted by Crippen LogP contribution is -2.43. The standard InChI is InChI=1S/C23H21N3O6/c27-22(16-32-19-12-10-18(11-13-19)26(29)30)24-25-23(28)20-8-4-5-9-21(20)31-15-14-17-6-2-1-3-7-17/h1-13H,14-16H2,(H,24,27)(H,25,28). The van der Waals surface area contributed by atoms with Crippen LogP contribution in [0.4, 0.5) is 5.69 Å². The largest absolute Gasteiger partial charge is 0.492 e. The Kier molecular flexibility index (Phi) is 7.74. The van der Waals surface area contributed by atoms with Crippen LogP contribution >= 0.6 is 0 Å². The van der Waals surface area contributed by atoms with Gasteiger partial charge >= 0.3 is 0 Å². The van der Waals surface area contributed by atoms with Crippen LogP contribution in [-0.2, 0) is 11.2 Å². The van der Waals surface area contributed by atoms with Crippen molar-refractivity contribution in [1.82, 2.24) is 10.9 Å². The summed E-state index contributed by atoms with van der Waals surface area (Å²) in [5.41, 5.74) is 5.89. The maximum Gasteiger partial charge on any atom is 0.276 e. The van der Waals surface area contributed by atoms with Gasteiger partial charge in [0.05, 0.1) is 17.1 Å². The third-order valence-electron chi connectivity index (χ3n) is 4.36. The van der Waals surface area contributed by atoms with Crippen molar-refractivity contribution in [2.24, 2.45) is 0 Å². The van der Waals surface area contributed by atoms with Gasteiger partial charge in [-0.3, -0.25) is 30.6 Å². The Bertz CT molecular complexity index is 1070. The molecule has 9 heteroatoms.